The molecular formula is C22H20N2O6S. The molecular weight excluding hydrogens is 420 g/mol. The van der Waals surface area contributed by atoms with Crippen molar-refractivity contribution in [1.82, 2.24) is 4.90 Å². The van der Waals surface area contributed by atoms with Crippen molar-refractivity contribution in [3.63, 3.8) is 0 Å². The number of benzene rings is 2. The fourth-order valence-corrected chi connectivity index (χ4v) is 3.62. The highest BCUT2D eigenvalue weighted by Crippen LogP contribution is 2.35. The van der Waals surface area contributed by atoms with Gasteiger partial charge in [-0.05, 0) is 67.2 Å². The lowest BCUT2D eigenvalue weighted by molar-refractivity contribution is -0.140. The number of thiocarbonyl (C=S) groups is 1. The molecule has 0 aromatic heterocycles. The van der Waals surface area contributed by atoms with E-state index in [1.165, 1.54) is 16.9 Å². The van der Waals surface area contributed by atoms with Crippen molar-refractivity contribution in [2.45, 2.75) is 6.92 Å². The van der Waals surface area contributed by atoms with Gasteiger partial charge >= 0.3 is 5.97 Å². The van der Waals surface area contributed by atoms with E-state index in [1.807, 2.05) is 6.92 Å². The van der Waals surface area contributed by atoms with E-state index < -0.39 is 5.97 Å². The van der Waals surface area contributed by atoms with Gasteiger partial charge in [-0.15, -0.1) is 0 Å². The van der Waals surface area contributed by atoms with Crippen LogP contribution >= 0.6 is 12.2 Å². The number of fused-ring (bicyclic) bond motifs is 1. The topological polar surface area (TPSA) is 77.5 Å². The van der Waals surface area contributed by atoms with Crippen LogP contribution in [0.2, 0.25) is 0 Å². The molecule has 2 aliphatic heterocycles. The Balaban J connectivity index is 1.70. The maximum Gasteiger partial charge on any atom is 0.325 e. The van der Waals surface area contributed by atoms with Gasteiger partial charge in [0.25, 0.3) is 5.91 Å². The standard InChI is InChI=1S/C22H20N2O6S/c1-3-28-16-7-5-15(6-8-16)24-21(26)17(23(22(24)31)12-20(25)27-2)10-14-4-9-18-19(11-14)30-13-29-18/h4-11H,3,12-13H2,1-2H3. The molecule has 1 amide bonds. The van der Waals surface area contributed by atoms with E-state index in [9.17, 15) is 9.59 Å². The van der Waals surface area contributed by atoms with Gasteiger partial charge in [-0.25, -0.2) is 0 Å². The largest absolute Gasteiger partial charge is 0.494 e. The highest BCUT2D eigenvalue weighted by molar-refractivity contribution is 7.80. The molecule has 2 aliphatic rings. The maximum absolute atomic E-state index is 13.3. The van der Waals surface area contributed by atoms with E-state index in [-0.39, 0.29) is 30.1 Å². The zero-order chi connectivity index (χ0) is 22.0. The summed E-state index contributed by atoms with van der Waals surface area (Å²) < 4.78 is 21.0. The van der Waals surface area contributed by atoms with Gasteiger partial charge in [0.1, 0.15) is 18.0 Å². The first-order chi connectivity index (χ1) is 15.0. The Labute approximate surface area is 184 Å². The Kier molecular flexibility index (Phi) is 5.77. The Hall–Kier alpha value is -3.59. The minimum Gasteiger partial charge on any atom is -0.494 e. The summed E-state index contributed by atoms with van der Waals surface area (Å²) in [6.45, 7) is 2.39. The number of esters is 1. The lowest BCUT2D eigenvalue weighted by atomic mass is 10.1. The number of anilines is 1. The van der Waals surface area contributed by atoms with Crippen LogP contribution in [0.3, 0.4) is 0 Å². The van der Waals surface area contributed by atoms with Gasteiger partial charge in [0.05, 0.1) is 19.4 Å². The van der Waals surface area contributed by atoms with E-state index in [1.54, 1.807) is 48.5 Å². The number of nitrogens with zero attached hydrogens (tertiary/aromatic N) is 2. The van der Waals surface area contributed by atoms with Crippen molar-refractivity contribution >= 4 is 41.0 Å². The number of carbonyl (C=O) groups excluding carboxylic acids is 2. The third-order valence-corrected chi connectivity index (χ3v) is 5.16. The second-order valence-electron chi connectivity index (χ2n) is 6.65. The summed E-state index contributed by atoms with van der Waals surface area (Å²) >= 11 is 5.55. The third kappa shape index (κ3) is 4.04. The second-order valence-corrected chi connectivity index (χ2v) is 7.02. The van der Waals surface area contributed by atoms with Crippen LogP contribution in [0.25, 0.3) is 6.08 Å². The quantitative estimate of drug-likeness (QED) is 0.386. The minimum atomic E-state index is -0.514. The van der Waals surface area contributed by atoms with Gasteiger partial charge in [-0.2, -0.15) is 0 Å². The molecule has 0 atom stereocenters. The SMILES string of the molecule is CCOc1ccc(N2C(=O)C(=Cc3ccc4c(c3)OCO4)N(CC(=O)OC)C2=S)cc1. The fourth-order valence-electron chi connectivity index (χ4n) is 3.27. The van der Waals surface area contributed by atoms with Crippen LogP contribution in [-0.2, 0) is 14.3 Å². The molecule has 0 aliphatic carbocycles. The van der Waals surface area contributed by atoms with E-state index >= 15 is 0 Å². The summed E-state index contributed by atoms with van der Waals surface area (Å²) in [4.78, 5) is 28.2. The molecule has 0 bridgehead atoms. The molecule has 2 aromatic carbocycles. The summed E-state index contributed by atoms with van der Waals surface area (Å²) in [6, 6.07) is 12.3. The number of hydrogen-bond donors (Lipinski definition) is 0. The Morgan fingerprint density at radius 2 is 1.90 bits per heavy atom. The van der Waals surface area contributed by atoms with E-state index in [4.69, 9.17) is 31.2 Å². The van der Waals surface area contributed by atoms with E-state index in [0.717, 1.165) is 0 Å². The van der Waals surface area contributed by atoms with Crippen LogP contribution in [0.1, 0.15) is 12.5 Å². The van der Waals surface area contributed by atoms with Crippen molar-refractivity contribution in [3.8, 4) is 17.2 Å². The molecule has 160 valence electrons. The number of ether oxygens (including phenoxy) is 4. The zero-order valence-electron chi connectivity index (χ0n) is 17.0. The van der Waals surface area contributed by atoms with Crippen molar-refractivity contribution in [3.05, 3.63) is 53.7 Å². The van der Waals surface area contributed by atoms with Gasteiger partial charge < -0.3 is 23.8 Å². The molecule has 31 heavy (non-hydrogen) atoms. The molecule has 2 aromatic rings. The number of rotatable bonds is 6. The smallest absolute Gasteiger partial charge is 0.325 e. The van der Waals surface area contributed by atoms with Crippen LogP contribution in [0.4, 0.5) is 5.69 Å². The first kappa shape index (κ1) is 20.7. The Bertz CT molecular complexity index is 1070. The molecule has 1 saturated heterocycles. The van der Waals surface area contributed by atoms with Gasteiger partial charge in [-0.1, -0.05) is 6.07 Å². The van der Waals surface area contributed by atoms with Crippen LogP contribution in [0.5, 0.6) is 17.2 Å². The number of methoxy groups -OCH3 is 1. The Morgan fingerprint density at radius 3 is 2.61 bits per heavy atom. The third-order valence-electron chi connectivity index (χ3n) is 4.76. The van der Waals surface area contributed by atoms with Crippen LogP contribution in [0, 0.1) is 0 Å². The van der Waals surface area contributed by atoms with Crippen molar-refractivity contribution in [1.29, 1.82) is 0 Å². The predicted octanol–water partition coefficient (Wildman–Crippen LogP) is 2.96. The molecule has 2 heterocycles. The summed E-state index contributed by atoms with van der Waals surface area (Å²) in [5, 5.41) is 0.187. The molecule has 0 unspecified atom stereocenters. The normalized spacial score (nSPS) is 16.3. The number of hydrogen-bond acceptors (Lipinski definition) is 7. The Morgan fingerprint density at radius 1 is 1.16 bits per heavy atom. The monoisotopic (exact) mass is 440 g/mol. The average Bonchev–Trinajstić information content (AvgIpc) is 3.32. The van der Waals surface area contributed by atoms with Crippen molar-refractivity contribution in [2.24, 2.45) is 0 Å². The van der Waals surface area contributed by atoms with Crippen molar-refractivity contribution < 1.29 is 28.5 Å². The number of carbonyl (C=O) groups is 2. The van der Waals surface area contributed by atoms with Crippen LogP contribution in [0.15, 0.2) is 48.2 Å². The highest BCUT2D eigenvalue weighted by Gasteiger charge is 2.40. The molecule has 1 fully saturated rings. The molecule has 8 nitrogen and oxygen atoms in total. The lowest BCUT2D eigenvalue weighted by Gasteiger charge is -2.19. The second kappa shape index (κ2) is 8.65. The molecule has 0 N–H and O–H groups in total. The average molecular weight is 440 g/mol. The minimum absolute atomic E-state index is 0.151. The predicted molar refractivity (Wildman–Crippen MR) is 117 cm³/mol. The van der Waals surface area contributed by atoms with Crippen LogP contribution < -0.4 is 19.1 Å². The van der Waals surface area contributed by atoms with Gasteiger partial charge in [-0.3, -0.25) is 14.5 Å². The highest BCUT2D eigenvalue weighted by atomic mass is 32.1. The summed E-state index contributed by atoms with van der Waals surface area (Å²) in [5.41, 5.74) is 1.53. The van der Waals surface area contributed by atoms with Gasteiger partial charge in [0, 0.05) is 0 Å². The van der Waals surface area contributed by atoms with E-state index in [0.29, 0.717) is 35.1 Å². The van der Waals surface area contributed by atoms with E-state index in [2.05, 4.69) is 0 Å². The number of amides is 1. The summed E-state index contributed by atoms with van der Waals surface area (Å²) in [5.74, 6) is 1.05. The van der Waals surface area contributed by atoms with Crippen LogP contribution in [-0.4, -0.2) is 48.9 Å². The fraction of sp³-hybridized carbons (Fsp3) is 0.227. The lowest BCUT2D eigenvalue weighted by Crippen LogP contribution is -2.35. The zero-order valence-corrected chi connectivity index (χ0v) is 17.8. The molecule has 4 rings (SSSR count). The molecule has 0 radical (unpaired) electrons. The molecule has 0 spiro atoms. The first-order valence-corrected chi connectivity index (χ1v) is 9.99. The van der Waals surface area contributed by atoms with Gasteiger partial charge in [0.2, 0.25) is 6.79 Å². The molecule has 0 saturated carbocycles. The summed E-state index contributed by atoms with van der Waals surface area (Å²) in [7, 11) is 1.29. The first-order valence-electron chi connectivity index (χ1n) is 9.58. The molecule has 9 heteroatoms. The van der Waals surface area contributed by atoms with Crippen molar-refractivity contribution in [2.75, 3.05) is 32.0 Å². The van der Waals surface area contributed by atoms with Gasteiger partial charge in [0.15, 0.2) is 16.6 Å². The summed E-state index contributed by atoms with van der Waals surface area (Å²) in [6.07, 6.45) is 1.66. The maximum atomic E-state index is 13.3.